The first-order valence-corrected chi connectivity index (χ1v) is 7.62. The van der Waals surface area contributed by atoms with Crippen molar-refractivity contribution < 1.29 is 14.3 Å². The minimum absolute atomic E-state index is 0.139. The van der Waals surface area contributed by atoms with Crippen LogP contribution in [0.4, 0.5) is 4.79 Å². The predicted molar refractivity (Wildman–Crippen MR) is 92.5 cm³/mol. The molecule has 2 aromatic rings. The van der Waals surface area contributed by atoms with E-state index in [0.717, 1.165) is 5.56 Å². The van der Waals surface area contributed by atoms with Gasteiger partial charge >= 0.3 is 6.09 Å². The van der Waals surface area contributed by atoms with Crippen molar-refractivity contribution >= 4 is 11.9 Å². The number of carbonyl (C=O) groups excluding carboxylic acids is 2. The molecule has 0 heterocycles. The van der Waals surface area contributed by atoms with Crippen LogP contribution in [0, 0.1) is 23.2 Å². The third-order valence-corrected chi connectivity index (χ3v) is 3.21. The molecule has 2 aromatic carbocycles. The standard InChI is InChI=1S/C20H16N2O3/c21-13-12-19(23)18-10-8-16(9-11-18)7-4-14-22-20(24)25-15-17-5-2-1-3-6-17/h1-3,5-6,8-11H,12,14-15H2,(H,22,24). The van der Waals surface area contributed by atoms with Crippen LogP contribution in [0.1, 0.15) is 27.9 Å². The van der Waals surface area contributed by atoms with Gasteiger partial charge in [-0.05, 0) is 17.7 Å². The molecule has 0 bridgehead atoms. The highest BCUT2D eigenvalue weighted by molar-refractivity contribution is 5.97. The summed E-state index contributed by atoms with van der Waals surface area (Å²) >= 11 is 0. The van der Waals surface area contributed by atoms with Gasteiger partial charge in [0.2, 0.25) is 0 Å². The number of ketones is 1. The number of rotatable bonds is 5. The molecule has 124 valence electrons. The van der Waals surface area contributed by atoms with Gasteiger partial charge in [-0.2, -0.15) is 5.26 Å². The fraction of sp³-hybridized carbons (Fsp3) is 0.150. The molecule has 0 aliphatic heterocycles. The molecule has 0 fully saturated rings. The fourth-order valence-electron chi connectivity index (χ4n) is 1.95. The first kappa shape index (κ1) is 17.8. The highest BCUT2D eigenvalue weighted by Crippen LogP contribution is 2.06. The quantitative estimate of drug-likeness (QED) is 0.674. The van der Waals surface area contributed by atoms with Crippen molar-refractivity contribution in [3.05, 3.63) is 71.3 Å². The van der Waals surface area contributed by atoms with Crippen molar-refractivity contribution in [2.75, 3.05) is 6.54 Å². The van der Waals surface area contributed by atoms with E-state index in [1.54, 1.807) is 24.3 Å². The van der Waals surface area contributed by atoms with E-state index in [9.17, 15) is 9.59 Å². The monoisotopic (exact) mass is 332 g/mol. The van der Waals surface area contributed by atoms with Gasteiger partial charge in [-0.1, -0.05) is 54.3 Å². The molecule has 0 spiro atoms. The summed E-state index contributed by atoms with van der Waals surface area (Å²) in [6.07, 6.45) is -0.671. The van der Waals surface area contributed by atoms with E-state index in [1.165, 1.54) is 0 Å². The van der Waals surface area contributed by atoms with Crippen molar-refractivity contribution in [3.63, 3.8) is 0 Å². The molecule has 0 aromatic heterocycles. The largest absolute Gasteiger partial charge is 0.445 e. The molecule has 0 radical (unpaired) electrons. The summed E-state index contributed by atoms with van der Waals surface area (Å²) in [6, 6.07) is 17.9. The van der Waals surface area contributed by atoms with Crippen LogP contribution >= 0.6 is 0 Å². The van der Waals surface area contributed by atoms with Crippen molar-refractivity contribution in [3.8, 4) is 17.9 Å². The van der Waals surface area contributed by atoms with Gasteiger partial charge in [0.15, 0.2) is 5.78 Å². The van der Waals surface area contributed by atoms with Crippen molar-refractivity contribution in [2.24, 2.45) is 0 Å². The summed E-state index contributed by atoms with van der Waals surface area (Å²) in [4.78, 5) is 23.1. The van der Waals surface area contributed by atoms with Crippen LogP contribution in [0.5, 0.6) is 0 Å². The van der Waals surface area contributed by atoms with Crippen LogP contribution < -0.4 is 5.32 Å². The summed E-state index contributed by atoms with van der Waals surface area (Å²) in [5.41, 5.74) is 2.11. The number of ether oxygens (including phenoxy) is 1. The zero-order valence-corrected chi connectivity index (χ0v) is 13.5. The first-order valence-electron chi connectivity index (χ1n) is 7.62. The molecule has 0 aliphatic rings. The SMILES string of the molecule is N#CCC(=O)c1ccc(C#CCNC(=O)OCc2ccccc2)cc1. The van der Waals surface area contributed by atoms with E-state index in [4.69, 9.17) is 10.00 Å². The Morgan fingerprint density at radius 1 is 1.04 bits per heavy atom. The molecule has 1 N–H and O–H groups in total. The summed E-state index contributed by atoms with van der Waals surface area (Å²) in [5.74, 6) is 5.46. The molecule has 1 amide bonds. The average Bonchev–Trinajstić information content (AvgIpc) is 2.65. The Balaban J connectivity index is 1.75. The van der Waals surface area contributed by atoms with E-state index >= 15 is 0 Å². The van der Waals surface area contributed by atoms with Gasteiger partial charge in [-0.3, -0.25) is 4.79 Å². The molecule has 25 heavy (non-hydrogen) atoms. The minimum atomic E-state index is -0.532. The van der Waals surface area contributed by atoms with E-state index in [1.807, 2.05) is 36.4 Å². The number of nitrogens with zero attached hydrogens (tertiary/aromatic N) is 1. The topological polar surface area (TPSA) is 79.2 Å². The van der Waals surface area contributed by atoms with Crippen LogP contribution in [0.2, 0.25) is 0 Å². The summed E-state index contributed by atoms with van der Waals surface area (Å²) in [7, 11) is 0. The maximum atomic E-state index is 11.5. The number of carbonyl (C=O) groups is 2. The highest BCUT2D eigenvalue weighted by Gasteiger charge is 2.04. The van der Waals surface area contributed by atoms with Crippen LogP contribution in [-0.4, -0.2) is 18.4 Å². The smallest absolute Gasteiger partial charge is 0.408 e. The van der Waals surface area contributed by atoms with Crippen LogP contribution in [0.15, 0.2) is 54.6 Å². The molecular formula is C20H16N2O3. The Hall–Kier alpha value is -3.57. The number of nitrogens with one attached hydrogen (secondary N) is 1. The summed E-state index contributed by atoms with van der Waals surface area (Å²) in [6.45, 7) is 0.362. The Morgan fingerprint density at radius 3 is 2.44 bits per heavy atom. The summed E-state index contributed by atoms with van der Waals surface area (Å²) < 4.78 is 5.06. The molecular weight excluding hydrogens is 316 g/mol. The van der Waals surface area contributed by atoms with Crippen LogP contribution in [0.3, 0.4) is 0 Å². The second-order valence-electron chi connectivity index (χ2n) is 5.05. The third kappa shape index (κ3) is 6.21. The number of alkyl carbamates (subject to hydrolysis) is 1. The van der Waals surface area contributed by atoms with E-state index in [2.05, 4.69) is 17.2 Å². The zero-order chi connectivity index (χ0) is 17.9. The van der Waals surface area contributed by atoms with Gasteiger partial charge in [0.1, 0.15) is 6.61 Å². The van der Waals surface area contributed by atoms with Gasteiger partial charge < -0.3 is 10.1 Å². The van der Waals surface area contributed by atoms with Crippen LogP contribution in [0.25, 0.3) is 0 Å². The fourth-order valence-corrected chi connectivity index (χ4v) is 1.95. The van der Waals surface area contributed by atoms with Gasteiger partial charge in [0, 0.05) is 11.1 Å². The van der Waals surface area contributed by atoms with Crippen molar-refractivity contribution in [2.45, 2.75) is 13.0 Å². The normalized spacial score (nSPS) is 9.24. The minimum Gasteiger partial charge on any atom is -0.445 e. The third-order valence-electron chi connectivity index (χ3n) is 3.21. The number of hydrogen-bond donors (Lipinski definition) is 1. The van der Waals surface area contributed by atoms with Crippen LogP contribution in [-0.2, 0) is 11.3 Å². The van der Waals surface area contributed by atoms with Gasteiger partial charge in [0.25, 0.3) is 0 Å². The van der Waals surface area contributed by atoms with Gasteiger partial charge in [-0.25, -0.2) is 4.79 Å². The van der Waals surface area contributed by atoms with Gasteiger partial charge in [-0.15, -0.1) is 0 Å². The summed E-state index contributed by atoms with van der Waals surface area (Å²) in [5, 5.41) is 11.1. The lowest BCUT2D eigenvalue weighted by molar-refractivity contribution is 0.0997. The van der Waals surface area contributed by atoms with Crippen molar-refractivity contribution in [1.82, 2.24) is 5.32 Å². The van der Waals surface area contributed by atoms with E-state index in [-0.39, 0.29) is 25.4 Å². The molecule has 0 saturated heterocycles. The average molecular weight is 332 g/mol. The molecule has 5 heteroatoms. The predicted octanol–water partition coefficient (Wildman–Crippen LogP) is 3.06. The molecule has 0 atom stereocenters. The Kier molecular flexibility index (Phi) is 6.79. The Labute approximate surface area is 146 Å². The highest BCUT2D eigenvalue weighted by atomic mass is 16.5. The number of benzene rings is 2. The lowest BCUT2D eigenvalue weighted by Gasteiger charge is -2.04. The van der Waals surface area contributed by atoms with Crippen molar-refractivity contribution in [1.29, 1.82) is 5.26 Å². The maximum Gasteiger partial charge on any atom is 0.408 e. The second kappa shape index (κ2) is 9.54. The number of amides is 1. The van der Waals surface area contributed by atoms with E-state index in [0.29, 0.717) is 11.1 Å². The molecule has 0 saturated carbocycles. The Bertz CT molecular complexity index is 825. The Morgan fingerprint density at radius 2 is 1.76 bits per heavy atom. The first-order chi connectivity index (χ1) is 12.2. The second-order valence-corrected chi connectivity index (χ2v) is 5.05. The van der Waals surface area contributed by atoms with Gasteiger partial charge in [0.05, 0.1) is 19.0 Å². The molecule has 2 rings (SSSR count). The number of Topliss-reactive ketones (excluding diaryl/α,β-unsaturated/α-hetero) is 1. The lowest BCUT2D eigenvalue weighted by atomic mass is 10.1. The molecule has 0 unspecified atom stereocenters. The maximum absolute atomic E-state index is 11.5. The number of hydrogen-bond acceptors (Lipinski definition) is 4. The van der Waals surface area contributed by atoms with E-state index < -0.39 is 6.09 Å². The lowest BCUT2D eigenvalue weighted by Crippen LogP contribution is -2.24. The number of nitriles is 1. The molecule has 5 nitrogen and oxygen atoms in total. The molecule has 0 aliphatic carbocycles. The zero-order valence-electron chi connectivity index (χ0n) is 13.5.